The molecule has 0 saturated heterocycles. The van der Waals surface area contributed by atoms with Crippen LogP contribution >= 0.6 is 0 Å². The highest BCUT2D eigenvalue weighted by Crippen LogP contribution is 2.19. The van der Waals surface area contributed by atoms with E-state index in [4.69, 9.17) is 0 Å². The molecule has 22 heavy (non-hydrogen) atoms. The third-order valence-corrected chi connectivity index (χ3v) is 3.91. The van der Waals surface area contributed by atoms with Crippen molar-refractivity contribution >= 4 is 16.9 Å². The molecule has 3 N–H and O–H groups in total. The Morgan fingerprint density at radius 2 is 2.00 bits per heavy atom. The molecule has 1 heterocycles. The van der Waals surface area contributed by atoms with Crippen molar-refractivity contribution in [2.75, 3.05) is 20.1 Å². The second-order valence-electron chi connectivity index (χ2n) is 5.75. The standard InChI is InChI=1S/C18H28N4/c1-4-5-6-10-20-18(19-3)21-11-9-15-13-22-17-12-14(2)7-8-16(15)17/h7-8,12-13,22H,4-6,9-11H2,1-3H3,(H2,19,20,21). The van der Waals surface area contributed by atoms with E-state index >= 15 is 0 Å². The fraction of sp³-hybridized carbons (Fsp3) is 0.500. The van der Waals surface area contributed by atoms with Crippen molar-refractivity contribution in [1.29, 1.82) is 0 Å². The van der Waals surface area contributed by atoms with Crippen molar-refractivity contribution in [3.8, 4) is 0 Å². The number of hydrogen-bond donors (Lipinski definition) is 3. The van der Waals surface area contributed by atoms with Gasteiger partial charge in [0, 0.05) is 37.2 Å². The topological polar surface area (TPSA) is 52.2 Å². The third-order valence-electron chi connectivity index (χ3n) is 3.91. The van der Waals surface area contributed by atoms with Gasteiger partial charge in [-0.25, -0.2) is 0 Å². The highest BCUT2D eigenvalue weighted by Gasteiger charge is 2.04. The van der Waals surface area contributed by atoms with E-state index in [1.165, 1.54) is 41.3 Å². The first-order valence-electron chi connectivity index (χ1n) is 8.25. The zero-order chi connectivity index (χ0) is 15.8. The Balaban J connectivity index is 1.81. The minimum Gasteiger partial charge on any atom is -0.361 e. The average Bonchev–Trinajstić information content (AvgIpc) is 2.92. The Hall–Kier alpha value is -1.97. The van der Waals surface area contributed by atoms with Crippen molar-refractivity contribution in [3.05, 3.63) is 35.5 Å². The number of aromatic nitrogens is 1. The Kier molecular flexibility index (Phi) is 6.31. The van der Waals surface area contributed by atoms with Gasteiger partial charge in [-0.2, -0.15) is 0 Å². The fourth-order valence-corrected chi connectivity index (χ4v) is 2.62. The number of hydrogen-bond acceptors (Lipinski definition) is 1. The number of H-pyrrole nitrogens is 1. The lowest BCUT2D eigenvalue weighted by molar-refractivity contribution is 0.682. The smallest absolute Gasteiger partial charge is 0.190 e. The lowest BCUT2D eigenvalue weighted by Crippen LogP contribution is -2.38. The molecule has 2 rings (SSSR count). The van der Waals surface area contributed by atoms with Gasteiger partial charge in [-0.15, -0.1) is 0 Å². The number of aromatic amines is 1. The Labute approximate surface area is 133 Å². The lowest BCUT2D eigenvalue weighted by Gasteiger charge is -2.11. The maximum atomic E-state index is 4.27. The SMILES string of the molecule is CCCCCNC(=NC)NCCc1c[nH]c2cc(C)ccc12. The molecule has 0 saturated carbocycles. The zero-order valence-electron chi connectivity index (χ0n) is 14.0. The molecule has 0 spiro atoms. The Morgan fingerprint density at radius 3 is 2.77 bits per heavy atom. The molecule has 0 aliphatic carbocycles. The van der Waals surface area contributed by atoms with E-state index < -0.39 is 0 Å². The molecule has 4 nitrogen and oxygen atoms in total. The monoisotopic (exact) mass is 300 g/mol. The van der Waals surface area contributed by atoms with Gasteiger partial charge in [-0.3, -0.25) is 4.99 Å². The number of guanidine groups is 1. The summed E-state index contributed by atoms with van der Waals surface area (Å²) in [7, 11) is 1.82. The highest BCUT2D eigenvalue weighted by atomic mass is 15.2. The Morgan fingerprint density at radius 1 is 1.18 bits per heavy atom. The van der Waals surface area contributed by atoms with E-state index in [1.54, 1.807) is 0 Å². The predicted molar refractivity (Wildman–Crippen MR) is 95.6 cm³/mol. The molecule has 2 aromatic rings. The second kappa shape index (κ2) is 8.47. The molecule has 4 heteroatoms. The first-order valence-corrected chi connectivity index (χ1v) is 8.25. The van der Waals surface area contributed by atoms with Gasteiger partial charge in [0.2, 0.25) is 0 Å². The molecule has 0 amide bonds. The van der Waals surface area contributed by atoms with Gasteiger partial charge < -0.3 is 15.6 Å². The van der Waals surface area contributed by atoms with Gasteiger partial charge >= 0.3 is 0 Å². The van der Waals surface area contributed by atoms with Crippen LogP contribution < -0.4 is 10.6 Å². The lowest BCUT2D eigenvalue weighted by atomic mass is 10.1. The van der Waals surface area contributed by atoms with Crippen LogP contribution in [0.15, 0.2) is 29.4 Å². The van der Waals surface area contributed by atoms with Crippen molar-refractivity contribution < 1.29 is 0 Å². The van der Waals surface area contributed by atoms with E-state index in [-0.39, 0.29) is 0 Å². The minimum absolute atomic E-state index is 0.883. The minimum atomic E-state index is 0.883. The Bertz CT molecular complexity index is 613. The van der Waals surface area contributed by atoms with E-state index in [2.05, 4.69) is 58.9 Å². The van der Waals surface area contributed by atoms with Gasteiger partial charge in [-0.05, 0) is 37.0 Å². The first kappa shape index (κ1) is 16.4. The van der Waals surface area contributed by atoms with Crippen molar-refractivity contribution in [1.82, 2.24) is 15.6 Å². The summed E-state index contributed by atoms with van der Waals surface area (Å²) < 4.78 is 0. The molecule has 0 aliphatic rings. The van der Waals surface area contributed by atoms with Crippen LogP contribution in [0, 0.1) is 6.92 Å². The summed E-state index contributed by atoms with van der Waals surface area (Å²) in [5.74, 6) is 0.895. The summed E-state index contributed by atoms with van der Waals surface area (Å²) in [6.45, 7) is 6.21. The number of benzene rings is 1. The summed E-state index contributed by atoms with van der Waals surface area (Å²) in [5, 5.41) is 8.06. The number of nitrogens with one attached hydrogen (secondary N) is 3. The van der Waals surface area contributed by atoms with Crippen LogP contribution in [0.2, 0.25) is 0 Å². The van der Waals surface area contributed by atoms with Crippen LogP contribution in [0.5, 0.6) is 0 Å². The number of aliphatic imine (C=N–C) groups is 1. The van der Waals surface area contributed by atoms with E-state index in [0.717, 1.165) is 25.5 Å². The van der Waals surface area contributed by atoms with E-state index in [9.17, 15) is 0 Å². The molecule has 1 aromatic carbocycles. The van der Waals surface area contributed by atoms with Crippen molar-refractivity contribution in [3.63, 3.8) is 0 Å². The molecule has 0 unspecified atom stereocenters. The summed E-state index contributed by atoms with van der Waals surface area (Å²) in [6.07, 6.45) is 6.80. The number of aryl methyl sites for hydroxylation is 1. The zero-order valence-corrected chi connectivity index (χ0v) is 14.0. The summed E-state index contributed by atoms with van der Waals surface area (Å²) in [5.41, 5.74) is 3.86. The van der Waals surface area contributed by atoms with Gasteiger partial charge in [0.25, 0.3) is 0 Å². The van der Waals surface area contributed by atoms with Crippen LogP contribution in [0.4, 0.5) is 0 Å². The number of unbranched alkanes of at least 4 members (excludes halogenated alkanes) is 2. The van der Waals surface area contributed by atoms with E-state index in [1.807, 2.05) is 7.05 Å². The molecular weight excluding hydrogens is 272 g/mol. The van der Waals surface area contributed by atoms with E-state index in [0.29, 0.717) is 0 Å². The largest absolute Gasteiger partial charge is 0.361 e. The first-order chi connectivity index (χ1) is 10.7. The van der Waals surface area contributed by atoms with Gasteiger partial charge in [0.15, 0.2) is 5.96 Å². The quantitative estimate of drug-likeness (QED) is 0.417. The molecule has 120 valence electrons. The van der Waals surface area contributed by atoms with Crippen molar-refractivity contribution in [2.24, 2.45) is 4.99 Å². The van der Waals surface area contributed by atoms with Crippen LogP contribution in [-0.4, -0.2) is 31.1 Å². The number of fused-ring (bicyclic) bond motifs is 1. The maximum Gasteiger partial charge on any atom is 0.190 e. The third kappa shape index (κ3) is 4.52. The predicted octanol–water partition coefficient (Wildman–Crippen LogP) is 3.37. The highest BCUT2D eigenvalue weighted by molar-refractivity contribution is 5.84. The molecule has 0 bridgehead atoms. The second-order valence-corrected chi connectivity index (χ2v) is 5.75. The summed E-state index contributed by atoms with van der Waals surface area (Å²) in [4.78, 5) is 7.62. The van der Waals surface area contributed by atoms with Crippen LogP contribution in [-0.2, 0) is 6.42 Å². The van der Waals surface area contributed by atoms with Crippen LogP contribution in [0.3, 0.4) is 0 Å². The number of nitrogens with zero attached hydrogens (tertiary/aromatic N) is 1. The fourth-order valence-electron chi connectivity index (χ4n) is 2.62. The normalized spacial score (nSPS) is 11.9. The molecule has 1 aromatic heterocycles. The maximum absolute atomic E-state index is 4.27. The molecular formula is C18H28N4. The molecule has 0 atom stereocenters. The molecule has 0 aliphatic heterocycles. The molecule has 0 radical (unpaired) electrons. The number of rotatable bonds is 7. The summed E-state index contributed by atoms with van der Waals surface area (Å²) in [6, 6.07) is 6.57. The van der Waals surface area contributed by atoms with Crippen LogP contribution in [0.1, 0.15) is 37.3 Å². The van der Waals surface area contributed by atoms with Gasteiger partial charge in [0.1, 0.15) is 0 Å². The molecule has 0 fully saturated rings. The average molecular weight is 300 g/mol. The van der Waals surface area contributed by atoms with Crippen molar-refractivity contribution in [2.45, 2.75) is 39.5 Å². The van der Waals surface area contributed by atoms with Gasteiger partial charge in [0.05, 0.1) is 0 Å². The summed E-state index contributed by atoms with van der Waals surface area (Å²) >= 11 is 0. The van der Waals surface area contributed by atoms with Gasteiger partial charge in [-0.1, -0.05) is 31.9 Å². The van der Waals surface area contributed by atoms with Crippen LogP contribution in [0.25, 0.3) is 10.9 Å².